The summed E-state index contributed by atoms with van der Waals surface area (Å²) >= 11 is 1.96. The second-order valence-corrected chi connectivity index (χ2v) is 5.88. The molecule has 0 aromatic heterocycles. The number of ketones is 1. The van der Waals surface area contributed by atoms with Crippen LogP contribution in [0.4, 0.5) is 0 Å². The minimum Gasteiger partial charge on any atom is -0.349 e. The number of rotatable bonds is 5. The zero-order valence-electron chi connectivity index (χ0n) is 10.1. The van der Waals surface area contributed by atoms with Gasteiger partial charge in [-0.05, 0) is 30.3 Å². The fraction of sp³-hybridized carbons (Fsp3) is 0.833. The van der Waals surface area contributed by atoms with E-state index in [1.165, 1.54) is 11.5 Å². The maximum Gasteiger partial charge on any atom is 0.220 e. The Bertz CT molecular complexity index is 247. The minimum atomic E-state index is 0.00591. The van der Waals surface area contributed by atoms with E-state index in [-0.39, 0.29) is 24.2 Å². The van der Waals surface area contributed by atoms with Crippen molar-refractivity contribution in [2.45, 2.75) is 33.1 Å². The number of hydrogen-bond acceptors (Lipinski definition) is 3. The smallest absolute Gasteiger partial charge is 0.220 e. The Morgan fingerprint density at radius 2 is 1.94 bits per heavy atom. The van der Waals surface area contributed by atoms with Gasteiger partial charge in [-0.25, -0.2) is 0 Å². The number of carbonyl (C=O) groups is 2. The Morgan fingerprint density at radius 1 is 1.31 bits per heavy atom. The van der Waals surface area contributed by atoms with Gasteiger partial charge >= 0.3 is 0 Å². The number of amides is 1. The zero-order chi connectivity index (χ0) is 12.0. The molecule has 4 heteroatoms. The van der Waals surface area contributed by atoms with Gasteiger partial charge in [0.2, 0.25) is 5.91 Å². The van der Waals surface area contributed by atoms with Gasteiger partial charge in [-0.3, -0.25) is 9.59 Å². The number of nitrogens with one attached hydrogen (secondary N) is 1. The third kappa shape index (κ3) is 5.01. The van der Waals surface area contributed by atoms with Crippen molar-refractivity contribution >= 4 is 23.5 Å². The summed E-state index contributed by atoms with van der Waals surface area (Å²) in [6.07, 6.45) is 2.86. The molecule has 1 aliphatic heterocycles. The molecule has 0 aromatic rings. The lowest BCUT2D eigenvalue weighted by atomic mass is 9.98. The number of carbonyl (C=O) groups excluding carboxylic acids is 2. The van der Waals surface area contributed by atoms with E-state index in [9.17, 15) is 9.59 Å². The quantitative estimate of drug-likeness (QED) is 0.801. The van der Waals surface area contributed by atoms with E-state index in [4.69, 9.17) is 0 Å². The molecule has 1 aliphatic rings. The Morgan fingerprint density at radius 3 is 2.50 bits per heavy atom. The van der Waals surface area contributed by atoms with Gasteiger partial charge in [0.05, 0.1) is 6.54 Å². The molecule has 1 N–H and O–H groups in total. The lowest BCUT2D eigenvalue weighted by Gasteiger charge is -2.20. The molecule has 1 fully saturated rings. The summed E-state index contributed by atoms with van der Waals surface area (Å²) < 4.78 is 0. The van der Waals surface area contributed by atoms with Crippen LogP contribution in [0, 0.1) is 11.8 Å². The molecule has 1 amide bonds. The number of hydrogen-bond donors (Lipinski definition) is 1. The SMILES string of the molecule is CC(C)C(=O)CNC(=O)CC1CCSCC1. The van der Waals surface area contributed by atoms with E-state index in [1.54, 1.807) is 0 Å². The fourth-order valence-electron chi connectivity index (χ4n) is 1.67. The van der Waals surface area contributed by atoms with Crippen LogP contribution in [0.1, 0.15) is 33.1 Å². The van der Waals surface area contributed by atoms with Crippen LogP contribution in [-0.4, -0.2) is 29.7 Å². The van der Waals surface area contributed by atoms with Gasteiger partial charge in [-0.1, -0.05) is 13.8 Å². The van der Waals surface area contributed by atoms with Gasteiger partial charge in [0, 0.05) is 12.3 Å². The van der Waals surface area contributed by atoms with Gasteiger partial charge in [0.15, 0.2) is 5.78 Å². The van der Waals surface area contributed by atoms with E-state index in [0.29, 0.717) is 12.3 Å². The highest BCUT2D eigenvalue weighted by atomic mass is 32.2. The molecule has 1 saturated heterocycles. The van der Waals surface area contributed by atoms with Crippen molar-refractivity contribution in [1.82, 2.24) is 5.32 Å². The molecule has 92 valence electrons. The first-order chi connectivity index (χ1) is 7.59. The van der Waals surface area contributed by atoms with Gasteiger partial charge < -0.3 is 5.32 Å². The van der Waals surface area contributed by atoms with Crippen LogP contribution in [0.2, 0.25) is 0 Å². The zero-order valence-corrected chi connectivity index (χ0v) is 10.9. The minimum absolute atomic E-state index is 0.00591. The van der Waals surface area contributed by atoms with Crippen LogP contribution < -0.4 is 5.32 Å². The Kier molecular flexibility index (Phi) is 5.88. The van der Waals surface area contributed by atoms with Crippen LogP contribution in [-0.2, 0) is 9.59 Å². The van der Waals surface area contributed by atoms with Gasteiger partial charge in [-0.15, -0.1) is 0 Å². The third-order valence-electron chi connectivity index (χ3n) is 2.92. The Labute approximate surface area is 102 Å². The summed E-state index contributed by atoms with van der Waals surface area (Å²) in [5.74, 6) is 3.01. The molecule has 0 aliphatic carbocycles. The highest BCUT2D eigenvalue weighted by Crippen LogP contribution is 2.24. The second kappa shape index (κ2) is 6.94. The molecule has 1 heterocycles. The second-order valence-electron chi connectivity index (χ2n) is 4.66. The van der Waals surface area contributed by atoms with Crippen molar-refractivity contribution in [2.75, 3.05) is 18.1 Å². The summed E-state index contributed by atoms with van der Waals surface area (Å²) in [5.41, 5.74) is 0. The standard InChI is InChI=1S/C12H21NO2S/c1-9(2)11(14)8-13-12(15)7-10-3-5-16-6-4-10/h9-10H,3-8H2,1-2H3,(H,13,15). The molecule has 0 spiro atoms. The molecule has 0 saturated carbocycles. The topological polar surface area (TPSA) is 46.2 Å². The van der Waals surface area contributed by atoms with Crippen molar-refractivity contribution < 1.29 is 9.59 Å². The molecular weight excluding hydrogens is 222 g/mol. The largest absolute Gasteiger partial charge is 0.349 e. The summed E-state index contributed by atoms with van der Waals surface area (Å²) in [6, 6.07) is 0. The Balaban J connectivity index is 2.17. The van der Waals surface area contributed by atoms with E-state index < -0.39 is 0 Å². The highest BCUT2D eigenvalue weighted by molar-refractivity contribution is 7.99. The number of thioether (sulfide) groups is 1. The first kappa shape index (κ1) is 13.6. The molecule has 0 atom stereocenters. The van der Waals surface area contributed by atoms with E-state index >= 15 is 0 Å². The summed E-state index contributed by atoms with van der Waals surface area (Å²) in [6.45, 7) is 3.90. The number of Topliss-reactive ketones (excluding diaryl/α,β-unsaturated/α-hetero) is 1. The first-order valence-electron chi connectivity index (χ1n) is 5.96. The van der Waals surface area contributed by atoms with Gasteiger partial charge in [0.1, 0.15) is 0 Å². The molecular formula is C12H21NO2S. The van der Waals surface area contributed by atoms with Crippen molar-refractivity contribution in [2.24, 2.45) is 11.8 Å². The molecule has 1 rings (SSSR count). The van der Waals surface area contributed by atoms with Crippen molar-refractivity contribution in [1.29, 1.82) is 0 Å². The molecule has 0 unspecified atom stereocenters. The van der Waals surface area contributed by atoms with Crippen molar-refractivity contribution in [3.05, 3.63) is 0 Å². The normalized spacial score (nSPS) is 17.4. The lowest BCUT2D eigenvalue weighted by molar-refractivity contribution is -0.127. The fourth-order valence-corrected chi connectivity index (χ4v) is 2.88. The molecule has 0 radical (unpaired) electrons. The average molecular weight is 243 g/mol. The highest BCUT2D eigenvalue weighted by Gasteiger charge is 2.17. The van der Waals surface area contributed by atoms with Gasteiger partial charge in [-0.2, -0.15) is 11.8 Å². The molecule has 16 heavy (non-hydrogen) atoms. The van der Waals surface area contributed by atoms with Crippen LogP contribution in [0.15, 0.2) is 0 Å². The van der Waals surface area contributed by atoms with E-state index in [1.807, 2.05) is 25.6 Å². The van der Waals surface area contributed by atoms with Crippen molar-refractivity contribution in [3.8, 4) is 0 Å². The van der Waals surface area contributed by atoms with Crippen LogP contribution >= 0.6 is 11.8 Å². The maximum atomic E-state index is 11.6. The van der Waals surface area contributed by atoms with Gasteiger partial charge in [0.25, 0.3) is 0 Å². The molecule has 0 aromatic carbocycles. The van der Waals surface area contributed by atoms with E-state index in [0.717, 1.165) is 12.8 Å². The van der Waals surface area contributed by atoms with Crippen molar-refractivity contribution in [3.63, 3.8) is 0 Å². The summed E-state index contributed by atoms with van der Waals surface area (Å²) in [5, 5.41) is 2.72. The summed E-state index contributed by atoms with van der Waals surface area (Å²) in [4.78, 5) is 22.9. The molecule has 3 nitrogen and oxygen atoms in total. The maximum absolute atomic E-state index is 11.6. The predicted octanol–water partition coefficient (Wildman–Crippen LogP) is 1.86. The Hall–Kier alpha value is -0.510. The first-order valence-corrected chi connectivity index (χ1v) is 7.12. The predicted molar refractivity (Wildman–Crippen MR) is 67.5 cm³/mol. The van der Waals surface area contributed by atoms with Crippen LogP contribution in [0.25, 0.3) is 0 Å². The van der Waals surface area contributed by atoms with Crippen LogP contribution in [0.3, 0.4) is 0 Å². The third-order valence-corrected chi connectivity index (χ3v) is 3.97. The average Bonchev–Trinajstić information content (AvgIpc) is 2.27. The summed E-state index contributed by atoms with van der Waals surface area (Å²) in [7, 11) is 0. The van der Waals surface area contributed by atoms with E-state index in [2.05, 4.69) is 5.32 Å². The molecule has 0 bridgehead atoms. The monoisotopic (exact) mass is 243 g/mol. The lowest BCUT2D eigenvalue weighted by Crippen LogP contribution is -2.33. The van der Waals surface area contributed by atoms with Crippen LogP contribution in [0.5, 0.6) is 0 Å².